The fourth-order valence-electron chi connectivity index (χ4n) is 3.37. The summed E-state index contributed by atoms with van der Waals surface area (Å²) in [5.41, 5.74) is 0.971. The normalized spacial score (nSPS) is 29.2. The summed E-state index contributed by atoms with van der Waals surface area (Å²) in [7, 11) is -3.83. The Morgan fingerprint density at radius 1 is 1.10 bits per heavy atom. The zero-order chi connectivity index (χ0) is 21.4. The Morgan fingerprint density at radius 2 is 1.76 bits per heavy atom. The van der Waals surface area contributed by atoms with Gasteiger partial charge in [0.2, 0.25) is 0 Å². The molecule has 0 radical (unpaired) electrons. The maximum absolute atomic E-state index is 12.2. The molecule has 4 atom stereocenters. The van der Waals surface area contributed by atoms with Gasteiger partial charge in [-0.3, -0.25) is 4.18 Å². The van der Waals surface area contributed by atoms with Gasteiger partial charge in [-0.05, 0) is 53.7 Å². The van der Waals surface area contributed by atoms with E-state index in [1.165, 1.54) is 12.1 Å². The lowest BCUT2D eigenvalue weighted by atomic mass is 10.1. The summed E-state index contributed by atoms with van der Waals surface area (Å²) in [5, 5.41) is 0. The summed E-state index contributed by atoms with van der Waals surface area (Å²) < 4.78 is 58.7. The van der Waals surface area contributed by atoms with Crippen LogP contribution < -0.4 is 0 Å². The van der Waals surface area contributed by atoms with Gasteiger partial charge in [-0.2, -0.15) is 8.42 Å². The number of rotatable bonds is 8. The molecule has 1 unspecified atom stereocenters. The van der Waals surface area contributed by atoms with Crippen molar-refractivity contribution in [3.63, 3.8) is 0 Å². The number of hydrogen-bond donors (Lipinski definition) is 0. The molecule has 2 aliphatic rings. The molecule has 2 aliphatic heterocycles. The second-order valence-electron chi connectivity index (χ2n) is 8.23. The van der Waals surface area contributed by atoms with E-state index in [-0.39, 0.29) is 36.4 Å². The van der Waals surface area contributed by atoms with Crippen molar-refractivity contribution < 1.29 is 36.3 Å². The fourth-order valence-corrected chi connectivity index (χ4v) is 4.26. The molecule has 1 aromatic rings. The molecule has 0 bridgehead atoms. The van der Waals surface area contributed by atoms with E-state index in [1.807, 2.05) is 27.7 Å². The van der Waals surface area contributed by atoms with Crippen LogP contribution in [0.25, 0.3) is 0 Å². The standard InChI is InChI=1S/C20H30O8S/c1-13-7-9-15(10-8-13)29(21,22)24-12-11-23-19(3,4)26-16-14(2)25-18-17(16)27-20(5,6)28-18/h7-10,14,16-18H,11-12H2,1-6H3/t14-,16?,17+,18-/m1/s1. The van der Waals surface area contributed by atoms with Crippen molar-refractivity contribution in [3.8, 4) is 0 Å². The average Bonchev–Trinajstić information content (AvgIpc) is 3.04. The Bertz CT molecular complexity index is 802. The highest BCUT2D eigenvalue weighted by Gasteiger charge is 2.55. The van der Waals surface area contributed by atoms with Crippen LogP contribution in [0.2, 0.25) is 0 Å². The van der Waals surface area contributed by atoms with Crippen molar-refractivity contribution in [3.05, 3.63) is 29.8 Å². The zero-order valence-electron chi connectivity index (χ0n) is 17.7. The highest BCUT2D eigenvalue weighted by Crippen LogP contribution is 2.39. The van der Waals surface area contributed by atoms with Crippen LogP contribution in [-0.2, 0) is 38.0 Å². The Balaban J connectivity index is 1.49. The summed E-state index contributed by atoms with van der Waals surface area (Å²) in [6.45, 7) is 10.8. The smallest absolute Gasteiger partial charge is 0.297 e. The highest BCUT2D eigenvalue weighted by molar-refractivity contribution is 7.86. The molecule has 0 saturated carbocycles. The van der Waals surface area contributed by atoms with E-state index in [2.05, 4.69) is 0 Å². The summed E-state index contributed by atoms with van der Waals surface area (Å²) in [4.78, 5) is 0.113. The Kier molecular flexibility index (Phi) is 6.41. The first-order chi connectivity index (χ1) is 13.4. The molecular formula is C20H30O8S. The topological polar surface area (TPSA) is 89.5 Å². The van der Waals surface area contributed by atoms with Crippen molar-refractivity contribution >= 4 is 10.1 Å². The molecule has 29 heavy (non-hydrogen) atoms. The van der Waals surface area contributed by atoms with Gasteiger partial charge in [0.15, 0.2) is 17.9 Å². The first kappa shape index (κ1) is 22.6. The minimum Gasteiger partial charge on any atom is -0.348 e. The van der Waals surface area contributed by atoms with Crippen molar-refractivity contribution in [1.29, 1.82) is 0 Å². The summed E-state index contributed by atoms with van der Waals surface area (Å²) in [6, 6.07) is 6.47. The maximum Gasteiger partial charge on any atom is 0.297 e. The van der Waals surface area contributed by atoms with E-state index in [4.69, 9.17) is 27.9 Å². The Hall–Kier alpha value is -1.07. The Labute approximate surface area is 172 Å². The van der Waals surface area contributed by atoms with E-state index in [0.29, 0.717) is 0 Å². The molecular weight excluding hydrogens is 400 g/mol. The van der Waals surface area contributed by atoms with Gasteiger partial charge in [-0.25, -0.2) is 0 Å². The van der Waals surface area contributed by atoms with Crippen molar-refractivity contribution in [2.75, 3.05) is 13.2 Å². The predicted octanol–water partition coefficient (Wildman–Crippen LogP) is 2.73. The summed E-state index contributed by atoms with van der Waals surface area (Å²) in [6.07, 6.45) is -1.46. The van der Waals surface area contributed by atoms with Gasteiger partial charge in [-0.1, -0.05) is 17.7 Å². The third-order valence-electron chi connectivity index (χ3n) is 4.72. The molecule has 8 nitrogen and oxygen atoms in total. The summed E-state index contributed by atoms with van der Waals surface area (Å²) >= 11 is 0. The first-order valence-corrected chi connectivity index (χ1v) is 11.1. The maximum atomic E-state index is 12.2. The molecule has 1 aromatic carbocycles. The molecule has 0 aliphatic carbocycles. The molecule has 0 N–H and O–H groups in total. The van der Waals surface area contributed by atoms with Crippen LogP contribution in [0, 0.1) is 6.92 Å². The number of fused-ring (bicyclic) bond motifs is 1. The van der Waals surface area contributed by atoms with Crippen molar-refractivity contribution in [2.45, 2.75) is 82.6 Å². The van der Waals surface area contributed by atoms with Crippen LogP contribution in [-0.4, -0.2) is 57.8 Å². The van der Waals surface area contributed by atoms with E-state index in [1.54, 1.807) is 26.0 Å². The molecule has 0 aromatic heterocycles. The van der Waals surface area contributed by atoms with Gasteiger partial charge in [0.25, 0.3) is 10.1 Å². The molecule has 2 fully saturated rings. The predicted molar refractivity (Wildman–Crippen MR) is 104 cm³/mol. The van der Waals surface area contributed by atoms with Crippen LogP contribution >= 0.6 is 0 Å². The highest BCUT2D eigenvalue weighted by atomic mass is 32.2. The van der Waals surface area contributed by atoms with Crippen LogP contribution in [0.3, 0.4) is 0 Å². The quantitative estimate of drug-likeness (QED) is 0.353. The third kappa shape index (κ3) is 5.55. The fraction of sp³-hybridized carbons (Fsp3) is 0.700. The molecule has 164 valence electrons. The second kappa shape index (κ2) is 8.22. The number of ether oxygens (including phenoxy) is 5. The minimum absolute atomic E-state index is 0.0387. The van der Waals surface area contributed by atoms with E-state index in [0.717, 1.165) is 5.56 Å². The van der Waals surface area contributed by atoms with E-state index in [9.17, 15) is 8.42 Å². The largest absolute Gasteiger partial charge is 0.348 e. The van der Waals surface area contributed by atoms with Crippen molar-refractivity contribution in [1.82, 2.24) is 0 Å². The minimum atomic E-state index is -3.83. The first-order valence-electron chi connectivity index (χ1n) is 9.68. The Morgan fingerprint density at radius 3 is 2.41 bits per heavy atom. The zero-order valence-corrected chi connectivity index (χ0v) is 18.5. The molecule has 0 amide bonds. The molecule has 0 spiro atoms. The van der Waals surface area contributed by atoms with E-state index >= 15 is 0 Å². The second-order valence-corrected chi connectivity index (χ2v) is 9.85. The van der Waals surface area contributed by atoms with Gasteiger partial charge < -0.3 is 23.7 Å². The van der Waals surface area contributed by atoms with Crippen LogP contribution in [0.15, 0.2) is 29.2 Å². The number of benzene rings is 1. The summed E-state index contributed by atoms with van der Waals surface area (Å²) in [5.74, 6) is -1.73. The lowest BCUT2D eigenvalue weighted by molar-refractivity contribution is -0.272. The molecule has 2 heterocycles. The van der Waals surface area contributed by atoms with Crippen LogP contribution in [0.1, 0.15) is 40.2 Å². The van der Waals surface area contributed by atoms with Gasteiger partial charge >= 0.3 is 0 Å². The lowest BCUT2D eigenvalue weighted by Crippen LogP contribution is -2.43. The van der Waals surface area contributed by atoms with Crippen LogP contribution in [0.4, 0.5) is 0 Å². The van der Waals surface area contributed by atoms with Gasteiger partial charge in [0.05, 0.1) is 24.2 Å². The molecule has 9 heteroatoms. The lowest BCUT2D eigenvalue weighted by Gasteiger charge is -2.32. The average molecular weight is 431 g/mol. The SMILES string of the molecule is Cc1ccc(S(=O)(=O)OCCOC(C)(C)OC2[C@@H](C)O[C@@H]3OC(C)(C)O[C@@H]23)cc1. The molecule has 3 rings (SSSR count). The molecule has 2 saturated heterocycles. The van der Waals surface area contributed by atoms with Crippen LogP contribution in [0.5, 0.6) is 0 Å². The van der Waals surface area contributed by atoms with Gasteiger partial charge in [0, 0.05) is 0 Å². The number of aryl methyl sites for hydroxylation is 1. The van der Waals surface area contributed by atoms with Gasteiger partial charge in [-0.15, -0.1) is 0 Å². The monoisotopic (exact) mass is 430 g/mol. The van der Waals surface area contributed by atoms with Gasteiger partial charge in [0.1, 0.15) is 12.2 Å². The third-order valence-corrected chi connectivity index (χ3v) is 6.05. The van der Waals surface area contributed by atoms with Crippen molar-refractivity contribution in [2.24, 2.45) is 0 Å². The van der Waals surface area contributed by atoms with E-state index < -0.39 is 28.0 Å². The number of hydrogen-bond acceptors (Lipinski definition) is 8.